The number of ether oxygens (including phenoxy) is 3. The van der Waals surface area contributed by atoms with Gasteiger partial charge >= 0.3 is 11.9 Å². The average Bonchev–Trinajstić information content (AvgIpc) is 3.24. The molecule has 2 heterocycles. The van der Waals surface area contributed by atoms with Gasteiger partial charge in [-0.3, -0.25) is 9.59 Å². The predicted molar refractivity (Wildman–Crippen MR) is 156 cm³/mol. The second-order valence-electron chi connectivity index (χ2n) is 9.49. The van der Waals surface area contributed by atoms with Crippen LogP contribution < -0.4 is 14.5 Å². The first-order valence-electron chi connectivity index (χ1n) is 13.4. The summed E-state index contributed by atoms with van der Waals surface area (Å²) in [5.74, 6) is -0.268. The second kappa shape index (κ2) is 12.2. The number of hydrogen-bond acceptors (Lipinski definition) is 8. The fourth-order valence-electron chi connectivity index (χ4n) is 5.22. The molecule has 0 aliphatic carbocycles. The summed E-state index contributed by atoms with van der Waals surface area (Å²) in [7, 11) is 0. The van der Waals surface area contributed by atoms with E-state index in [0.29, 0.717) is 30.2 Å². The van der Waals surface area contributed by atoms with Crippen molar-refractivity contribution < 1.29 is 33.7 Å². The zero-order chi connectivity index (χ0) is 29.7. The lowest BCUT2D eigenvalue weighted by Gasteiger charge is -2.37. The Balaban J connectivity index is 0.000000909. The molecular formula is C32H34N2O7. The minimum atomic E-state index is -1.12. The molecule has 0 radical (unpaired) electrons. The van der Waals surface area contributed by atoms with Crippen LogP contribution in [0.2, 0.25) is 0 Å². The standard InChI is InChI=1S/C30H30N2O5.C2H4O2/c1-5-31(6-2)21-12-14-25-27(18-21)36-28-19-22(32(7-3)16-17-35-20(4)33)13-15-26(28)30(25)24-11-9-8-10-23(24)29(34)37-30;1-2(3)4/h5,8-15,18-19H,1,6-7,16-17H2,2-4H3;1H3,(H,3,4). The molecule has 3 aromatic carbocycles. The number of carboxylic acids is 1. The summed E-state index contributed by atoms with van der Waals surface area (Å²) in [4.78, 5) is 37.4. The Hall–Kier alpha value is -4.79. The number of likely N-dealkylation sites (N-methyl/N-ethyl adjacent to an activating group) is 1. The number of aliphatic carboxylic acids is 1. The number of anilines is 2. The number of fused-ring (bicyclic) bond motifs is 6. The topological polar surface area (TPSA) is 106 Å². The van der Waals surface area contributed by atoms with E-state index in [1.54, 1.807) is 12.3 Å². The van der Waals surface area contributed by atoms with Crippen molar-refractivity contribution in [3.63, 3.8) is 0 Å². The van der Waals surface area contributed by atoms with Gasteiger partial charge in [0.25, 0.3) is 5.97 Å². The maximum absolute atomic E-state index is 13.1. The summed E-state index contributed by atoms with van der Waals surface area (Å²) in [5.41, 5.74) is 3.62. The van der Waals surface area contributed by atoms with Gasteiger partial charge in [0.15, 0.2) is 5.60 Å². The molecular weight excluding hydrogens is 524 g/mol. The Morgan fingerprint density at radius 3 is 2.15 bits per heavy atom. The van der Waals surface area contributed by atoms with Crippen molar-refractivity contribution in [2.24, 2.45) is 0 Å². The molecule has 214 valence electrons. The summed E-state index contributed by atoms with van der Waals surface area (Å²) in [5, 5.41) is 7.42. The highest BCUT2D eigenvalue weighted by molar-refractivity contribution is 5.97. The Morgan fingerprint density at radius 2 is 1.56 bits per heavy atom. The molecule has 0 bridgehead atoms. The largest absolute Gasteiger partial charge is 0.481 e. The van der Waals surface area contributed by atoms with E-state index in [0.717, 1.165) is 41.5 Å². The van der Waals surface area contributed by atoms with Crippen LogP contribution in [-0.2, 0) is 24.7 Å². The lowest BCUT2D eigenvalue weighted by atomic mass is 9.77. The van der Waals surface area contributed by atoms with Gasteiger partial charge in [0.05, 0.1) is 12.1 Å². The summed E-state index contributed by atoms with van der Waals surface area (Å²) in [6, 6.07) is 19.4. The van der Waals surface area contributed by atoms with Gasteiger partial charge in [-0.1, -0.05) is 24.8 Å². The summed E-state index contributed by atoms with van der Waals surface area (Å²) >= 11 is 0. The van der Waals surface area contributed by atoms with E-state index in [1.165, 1.54) is 6.92 Å². The van der Waals surface area contributed by atoms with Gasteiger partial charge in [0, 0.05) is 67.1 Å². The first-order chi connectivity index (χ1) is 19.7. The van der Waals surface area contributed by atoms with Crippen molar-refractivity contribution in [1.82, 2.24) is 0 Å². The van der Waals surface area contributed by atoms with Crippen LogP contribution in [0.3, 0.4) is 0 Å². The molecule has 0 amide bonds. The maximum Gasteiger partial charge on any atom is 0.340 e. The number of carboxylic acid groups (broad SMARTS) is 1. The maximum atomic E-state index is 13.1. The molecule has 9 heteroatoms. The predicted octanol–water partition coefficient (Wildman–Crippen LogP) is 5.70. The lowest BCUT2D eigenvalue weighted by Crippen LogP contribution is -2.33. The van der Waals surface area contributed by atoms with Crippen LogP contribution in [0.5, 0.6) is 11.5 Å². The Kier molecular flexibility index (Phi) is 8.66. The number of benzene rings is 3. The molecule has 1 spiro atoms. The normalized spacial score (nSPS) is 15.7. The monoisotopic (exact) mass is 558 g/mol. The minimum absolute atomic E-state index is 0.288. The Bertz CT molecular complexity index is 1480. The van der Waals surface area contributed by atoms with Crippen LogP contribution >= 0.6 is 0 Å². The number of rotatable bonds is 8. The molecule has 1 atom stereocenters. The minimum Gasteiger partial charge on any atom is -0.481 e. The molecule has 0 fully saturated rings. The van der Waals surface area contributed by atoms with E-state index in [4.69, 9.17) is 24.1 Å². The number of nitrogens with zero attached hydrogens (tertiary/aromatic N) is 2. The number of hydrogen-bond donors (Lipinski definition) is 1. The van der Waals surface area contributed by atoms with Crippen molar-refractivity contribution >= 4 is 29.3 Å². The highest BCUT2D eigenvalue weighted by Crippen LogP contribution is 2.57. The molecule has 0 saturated heterocycles. The molecule has 2 aliphatic heterocycles. The van der Waals surface area contributed by atoms with Crippen molar-refractivity contribution in [3.8, 4) is 11.5 Å². The highest BCUT2D eigenvalue weighted by Gasteiger charge is 2.53. The van der Waals surface area contributed by atoms with Gasteiger partial charge in [-0.25, -0.2) is 4.79 Å². The van der Waals surface area contributed by atoms with Crippen LogP contribution in [-0.4, -0.2) is 49.3 Å². The third-order valence-corrected chi connectivity index (χ3v) is 6.99. The van der Waals surface area contributed by atoms with Crippen LogP contribution in [0.4, 0.5) is 11.4 Å². The summed E-state index contributed by atoms with van der Waals surface area (Å²) in [6.45, 7) is 12.8. The SMILES string of the molecule is C=CN(CC)c1ccc2c(c1)Oc1cc(N(CC)CCOC(C)=O)ccc1C21OC(=O)c2ccccc21.CC(=O)O. The highest BCUT2D eigenvalue weighted by atomic mass is 16.6. The molecule has 41 heavy (non-hydrogen) atoms. The Morgan fingerprint density at radius 1 is 0.951 bits per heavy atom. The van der Waals surface area contributed by atoms with E-state index < -0.39 is 11.6 Å². The van der Waals surface area contributed by atoms with Gasteiger partial charge in [-0.2, -0.15) is 0 Å². The quantitative estimate of drug-likeness (QED) is 0.348. The van der Waals surface area contributed by atoms with E-state index in [-0.39, 0.29) is 18.5 Å². The molecule has 0 aromatic heterocycles. The van der Waals surface area contributed by atoms with Gasteiger partial charge in [0.1, 0.15) is 18.1 Å². The second-order valence-corrected chi connectivity index (χ2v) is 9.49. The molecule has 2 aliphatic rings. The first kappa shape index (κ1) is 29.2. The van der Waals surface area contributed by atoms with E-state index in [1.807, 2.05) is 66.4 Å². The molecule has 1 N–H and O–H groups in total. The zero-order valence-electron chi connectivity index (χ0n) is 23.7. The average molecular weight is 559 g/mol. The van der Waals surface area contributed by atoms with Gasteiger partial charge in [0.2, 0.25) is 0 Å². The van der Waals surface area contributed by atoms with E-state index in [2.05, 4.69) is 18.4 Å². The third kappa shape index (κ3) is 5.61. The molecule has 5 rings (SSSR count). The summed E-state index contributed by atoms with van der Waals surface area (Å²) < 4.78 is 17.9. The van der Waals surface area contributed by atoms with Gasteiger partial charge in [-0.15, -0.1) is 0 Å². The number of esters is 2. The van der Waals surface area contributed by atoms with E-state index >= 15 is 0 Å². The molecule has 3 aromatic rings. The summed E-state index contributed by atoms with van der Waals surface area (Å²) in [6.07, 6.45) is 1.78. The fraction of sp³-hybridized carbons (Fsp3) is 0.281. The Labute approximate surface area is 239 Å². The zero-order valence-corrected chi connectivity index (χ0v) is 23.7. The van der Waals surface area contributed by atoms with Crippen molar-refractivity contribution in [2.75, 3.05) is 36.0 Å². The van der Waals surface area contributed by atoms with Crippen molar-refractivity contribution in [3.05, 3.63) is 95.7 Å². The van der Waals surface area contributed by atoms with E-state index in [9.17, 15) is 9.59 Å². The number of carbonyl (C=O) groups excluding carboxylic acids is 2. The van der Waals surface area contributed by atoms with Crippen LogP contribution in [0.1, 0.15) is 54.7 Å². The van der Waals surface area contributed by atoms with Crippen LogP contribution in [0.15, 0.2) is 73.4 Å². The van der Waals surface area contributed by atoms with Crippen molar-refractivity contribution in [2.45, 2.75) is 33.3 Å². The molecule has 1 unspecified atom stereocenters. The molecule has 0 saturated carbocycles. The third-order valence-electron chi connectivity index (χ3n) is 6.99. The van der Waals surface area contributed by atoms with Crippen molar-refractivity contribution in [1.29, 1.82) is 0 Å². The fourth-order valence-corrected chi connectivity index (χ4v) is 5.22. The van der Waals surface area contributed by atoms with Gasteiger partial charge in [-0.05, 0) is 50.4 Å². The smallest absolute Gasteiger partial charge is 0.340 e. The number of carbonyl (C=O) groups is 3. The first-order valence-corrected chi connectivity index (χ1v) is 13.4. The van der Waals surface area contributed by atoms with Crippen LogP contribution in [0, 0.1) is 0 Å². The lowest BCUT2D eigenvalue weighted by molar-refractivity contribution is -0.140. The van der Waals surface area contributed by atoms with Crippen LogP contribution in [0.25, 0.3) is 0 Å². The van der Waals surface area contributed by atoms with Gasteiger partial charge < -0.3 is 29.1 Å². The molecule has 9 nitrogen and oxygen atoms in total.